The summed E-state index contributed by atoms with van der Waals surface area (Å²) >= 11 is 0. The number of sulfone groups is 1. The van der Waals surface area contributed by atoms with Gasteiger partial charge < -0.3 is 10.2 Å². The van der Waals surface area contributed by atoms with Crippen LogP contribution in [0.1, 0.15) is 5.56 Å². The fourth-order valence-corrected chi connectivity index (χ4v) is 2.05. The van der Waals surface area contributed by atoms with Gasteiger partial charge in [-0.1, -0.05) is 6.07 Å². The number of nitrogens with zero attached hydrogens (tertiary/aromatic N) is 2. The van der Waals surface area contributed by atoms with Crippen LogP contribution in [0.15, 0.2) is 24.5 Å². The quantitative estimate of drug-likeness (QED) is 0.682. The molecule has 1 N–H and O–H groups in total. The molecule has 0 amide bonds. The van der Waals surface area contributed by atoms with Crippen molar-refractivity contribution in [1.82, 2.24) is 15.2 Å². The van der Waals surface area contributed by atoms with E-state index < -0.39 is 9.84 Å². The van der Waals surface area contributed by atoms with Crippen molar-refractivity contribution in [2.45, 2.75) is 6.54 Å². The Bertz CT molecular complexity index is 434. The average molecular weight is 271 g/mol. The normalized spacial score (nSPS) is 11.9. The van der Waals surface area contributed by atoms with E-state index in [9.17, 15) is 8.42 Å². The molecule has 5 nitrogen and oxygen atoms in total. The van der Waals surface area contributed by atoms with Gasteiger partial charge in [0.05, 0.1) is 5.75 Å². The molecule has 1 heterocycles. The van der Waals surface area contributed by atoms with E-state index in [1.165, 1.54) is 11.8 Å². The SMILES string of the molecule is CN(CCNCCS(C)(=O)=O)Cc1cccnc1. The van der Waals surface area contributed by atoms with Gasteiger partial charge in [0, 0.05) is 44.8 Å². The van der Waals surface area contributed by atoms with Gasteiger partial charge in [-0.25, -0.2) is 8.42 Å². The Morgan fingerprint density at radius 1 is 1.39 bits per heavy atom. The van der Waals surface area contributed by atoms with Gasteiger partial charge in [0.2, 0.25) is 0 Å². The first kappa shape index (κ1) is 15.1. The van der Waals surface area contributed by atoms with Gasteiger partial charge >= 0.3 is 0 Å². The molecule has 0 saturated heterocycles. The third kappa shape index (κ3) is 7.37. The number of likely N-dealkylation sites (N-methyl/N-ethyl adjacent to an activating group) is 1. The highest BCUT2D eigenvalue weighted by atomic mass is 32.2. The summed E-state index contributed by atoms with van der Waals surface area (Å²) in [4.78, 5) is 6.24. The van der Waals surface area contributed by atoms with E-state index in [-0.39, 0.29) is 5.75 Å². The lowest BCUT2D eigenvalue weighted by atomic mass is 10.3. The fourth-order valence-electron chi connectivity index (χ4n) is 1.53. The monoisotopic (exact) mass is 271 g/mol. The van der Waals surface area contributed by atoms with Crippen molar-refractivity contribution in [3.63, 3.8) is 0 Å². The van der Waals surface area contributed by atoms with Crippen molar-refractivity contribution in [3.8, 4) is 0 Å². The van der Waals surface area contributed by atoms with Crippen LogP contribution >= 0.6 is 0 Å². The number of hydrogen-bond donors (Lipinski definition) is 1. The third-order valence-corrected chi connectivity index (χ3v) is 3.44. The number of rotatable bonds is 8. The molecule has 102 valence electrons. The predicted molar refractivity (Wildman–Crippen MR) is 73.2 cm³/mol. The Morgan fingerprint density at radius 2 is 2.17 bits per heavy atom. The summed E-state index contributed by atoms with van der Waals surface area (Å²) in [5, 5.41) is 3.12. The van der Waals surface area contributed by atoms with Crippen LogP contribution in [-0.4, -0.2) is 57.0 Å². The van der Waals surface area contributed by atoms with Gasteiger partial charge in [-0.05, 0) is 18.7 Å². The van der Waals surface area contributed by atoms with E-state index in [1.807, 2.05) is 25.4 Å². The second-order valence-electron chi connectivity index (χ2n) is 4.48. The molecule has 18 heavy (non-hydrogen) atoms. The zero-order valence-electron chi connectivity index (χ0n) is 11.0. The zero-order chi connectivity index (χ0) is 13.4. The summed E-state index contributed by atoms with van der Waals surface area (Å²) in [6.45, 7) is 3.02. The highest BCUT2D eigenvalue weighted by Gasteiger charge is 2.02. The summed E-state index contributed by atoms with van der Waals surface area (Å²) in [6.07, 6.45) is 4.87. The molecule has 0 aromatic carbocycles. The van der Waals surface area contributed by atoms with E-state index in [0.29, 0.717) is 6.54 Å². The molecule has 6 heteroatoms. The molecule has 0 fully saturated rings. The molecule has 0 unspecified atom stereocenters. The minimum Gasteiger partial charge on any atom is -0.314 e. The lowest BCUT2D eigenvalue weighted by Crippen LogP contribution is -2.31. The van der Waals surface area contributed by atoms with Gasteiger partial charge in [-0.15, -0.1) is 0 Å². The minimum absolute atomic E-state index is 0.194. The molecule has 0 saturated carbocycles. The van der Waals surface area contributed by atoms with E-state index in [4.69, 9.17) is 0 Å². The van der Waals surface area contributed by atoms with Crippen molar-refractivity contribution in [1.29, 1.82) is 0 Å². The topological polar surface area (TPSA) is 62.3 Å². The van der Waals surface area contributed by atoms with Crippen LogP contribution in [0.5, 0.6) is 0 Å². The Kier molecular flexibility index (Phi) is 6.24. The Balaban J connectivity index is 2.12. The molecule has 1 rings (SSSR count). The first-order chi connectivity index (χ1) is 8.47. The van der Waals surface area contributed by atoms with Gasteiger partial charge in [0.1, 0.15) is 9.84 Å². The van der Waals surface area contributed by atoms with Crippen molar-refractivity contribution in [2.24, 2.45) is 0 Å². The second-order valence-corrected chi connectivity index (χ2v) is 6.74. The molecule has 0 aliphatic carbocycles. The molecule has 1 aromatic rings. The lowest BCUT2D eigenvalue weighted by molar-refractivity contribution is 0.325. The maximum Gasteiger partial charge on any atom is 0.148 e. The van der Waals surface area contributed by atoms with Crippen LogP contribution in [0.2, 0.25) is 0 Å². The van der Waals surface area contributed by atoms with Crippen molar-refractivity contribution in [3.05, 3.63) is 30.1 Å². The summed E-state index contributed by atoms with van der Waals surface area (Å²) in [6, 6.07) is 3.97. The van der Waals surface area contributed by atoms with Crippen LogP contribution in [0, 0.1) is 0 Å². The minimum atomic E-state index is -2.86. The summed E-state index contributed by atoms with van der Waals surface area (Å²) in [7, 11) is -0.825. The molecular weight excluding hydrogens is 250 g/mol. The van der Waals surface area contributed by atoms with Crippen LogP contribution in [0.3, 0.4) is 0 Å². The fraction of sp³-hybridized carbons (Fsp3) is 0.583. The third-order valence-electron chi connectivity index (χ3n) is 2.50. The smallest absolute Gasteiger partial charge is 0.148 e. The number of nitrogens with one attached hydrogen (secondary N) is 1. The Labute approximate surface area is 109 Å². The van der Waals surface area contributed by atoms with E-state index in [2.05, 4.69) is 15.2 Å². The Hall–Kier alpha value is -0.980. The van der Waals surface area contributed by atoms with Crippen LogP contribution in [-0.2, 0) is 16.4 Å². The van der Waals surface area contributed by atoms with Gasteiger partial charge in [0.15, 0.2) is 0 Å². The van der Waals surface area contributed by atoms with Gasteiger partial charge in [-0.2, -0.15) is 0 Å². The van der Waals surface area contributed by atoms with E-state index in [1.54, 1.807) is 6.20 Å². The van der Waals surface area contributed by atoms with Crippen molar-refractivity contribution >= 4 is 9.84 Å². The maximum atomic E-state index is 10.9. The molecule has 0 bridgehead atoms. The summed E-state index contributed by atoms with van der Waals surface area (Å²) < 4.78 is 21.8. The van der Waals surface area contributed by atoms with Crippen molar-refractivity contribution in [2.75, 3.05) is 38.7 Å². The highest BCUT2D eigenvalue weighted by molar-refractivity contribution is 7.90. The number of pyridine rings is 1. The van der Waals surface area contributed by atoms with E-state index in [0.717, 1.165) is 19.6 Å². The van der Waals surface area contributed by atoms with E-state index >= 15 is 0 Å². The zero-order valence-corrected chi connectivity index (χ0v) is 11.8. The molecule has 0 radical (unpaired) electrons. The van der Waals surface area contributed by atoms with Crippen LogP contribution in [0.4, 0.5) is 0 Å². The maximum absolute atomic E-state index is 10.9. The summed E-state index contributed by atoms with van der Waals surface area (Å²) in [5.41, 5.74) is 1.18. The second kappa shape index (κ2) is 7.45. The first-order valence-electron chi connectivity index (χ1n) is 5.93. The predicted octanol–water partition coefficient (Wildman–Crippen LogP) is 0.148. The number of hydrogen-bond acceptors (Lipinski definition) is 5. The molecule has 1 aromatic heterocycles. The molecule has 0 aliphatic heterocycles. The molecule has 0 spiro atoms. The average Bonchev–Trinajstić information content (AvgIpc) is 2.28. The van der Waals surface area contributed by atoms with Crippen LogP contribution < -0.4 is 5.32 Å². The van der Waals surface area contributed by atoms with Gasteiger partial charge in [0.25, 0.3) is 0 Å². The standard InChI is InChI=1S/C12H21N3O2S/c1-15(11-12-4-3-5-14-10-12)8-6-13-7-9-18(2,16)17/h3-5,10,13H,6-9,11H2,1-2H3. The molecule has 0 aliphatic rings. The first-order valence-corrected chi connectivity index (χ1v) is 7.99. The van der Waals surface area contributed by atoms with Gasteiger partial charge in [-0.3, -0.25) is 4.98 Å². The summed E-state index contributed by atoms with van der Waals surface area (Å²) in [5.74, 6) is 0.194. The highest BCUT2D eigenvalue weighted by Crippen LogP contribution is 1.99. The molecular formula is C12H21N3O2S. The lowest BCUT2D eigenvalue weighted by Gasteiger charge is -2.16. The largest absolute Gasteiger partial charge is 0.314 e. The number of aromatic nitrogens is 1. The van der Waals surface area contributed by atoms with Crippen LogP contribution in [0.25, 0.3) is 0 Å². The van der Waals surface area contributed by atoms with Crippen molar-refractivity contribution < 1.29 is 8.42 Å². The molecule has 0 atom stereocenters. The Morgan fingerprint density at radius 3 is 2.78 bits per heavy atom.